The zero-order chi connectivity index (χ0) is 38.9. The highest BCUT2D eigenvalue weighted by molar-refractivity contribution is 6.05. The Kier molecular flexibility index (Phi) is 10.7. The lowest BCUT2D eigenvalue weighted by Gasteiger charge is -2.36. The molecule has 4 aromatic carbocycles. The molecule has 0 spiro atoms. The van der Waals surface area contributed by atoms with Crippen LogP contribution in [0.1, 0.15) is 82.1 Å². The summed E-state index contributed by atoms with van der Waals surface area (Å²) in [5, 5.41) is 12.4. The van der Waals surface area contributed by atoms with E-state index in [-0.39, 0.29) is 47.4 Å². The first-order valence-corrected chi connectivity index (χ1v) is 19.5. The molecule has 4 aromatic rings. The number of halogens is 2. The highest BCUT2D eigenvalue weighted by Crippen LogP contribution is 2.48. The zero-order valence-electron chi connectivity index (χ0n) is 31.4. The van der Waals surface area contributed by atoms with Crippen molar-refractivity contribution in [2.45, 2.75) is 63.5 Å². The molecule has 3 atom stereocenters. The van der Waals surface area contributed by atoms with Gasteiger partial charge in [0.2, 0.25) is 11.8 Å². The lowest BCUT2D eigenvalue weighted by Crippen LogP contribution is -2.52. The summed E-state index contributed by atoms with van der Waals surface area (Å²) in [5.41, 5.74) is 5.91. The number of unbranched alkanes of at least 4 members (excludes halogenated alkanes) is 2. The van der Waals surface area contributed by atoms with Crippen molar-refractivity contribution in [3.8, 4) is 17.2 Å². The van der Waals surface area contributed by atoms with Gasteiger partial charge in [0.1, 0.15) is 23.4 Å². The van der Waals surface area contributed by atoms with Crippen molar-refractivity contribution in [3.63, 3.8) is 0 Å². The number of hydrogen-bond donors (Lipinski definition) is 2. The Morgan fingerprint density at radius 3 is 2.50 bits per heavy atom. The summed E-state index contributed by atoms with van der Waals surface area (Å²) < 4.78 is 41.5. The Labute approximate surface area is 325 Å². The quantitative estimate of drug-likeness (QED) is 0.133. The number of ether oxygens (including phenoxy) is 2. The third-order valence-corrected chi connectivity index (χ3v) is 11.7. The van der Waals surface area contributed by atoms with Gasteiger partial charge in [0, 0.05) is 73.9 Å². The van der Waals surface area contributed by atoms with Gasteiger partial charge in [0.25, 0.3) is 5.91 Å². The average molecular weight is 765 g/mol. The van der Waals surface area contributed by atoms with E-state index in [1.807, 2.05) is 31.2 Å². The van der Waals surface area contributed by atoms with E-state index in [1.165, 1.54) is 18.2 Å². The molecule has 4 aliphatic heterocycles. The molecule has 2 saturated heterocycles. The molecular weight excluding hydrogens is 719 g/mol. The van der Waals surface area contributed by atoms with Crippen molar-refractivity contribution < 1.29 is 37.7 Å². The predicted molar refractivity (Wildman–Crippen MR) is 206 cm³/mol. The average Bonchev–Trinajstić information content (AvgIpc) is 3.51. The van der Waals surface area contributed by atoms with Crippen LogP contribution < -0.4 is 19.7 Å². The summed E-state index contributed by atoms with van der Waals surface area (Å²) in [6, 6.07) is 20.1. The highest BCUT2D eigenvalue weighted by Gasteiger charge is 2.39. The summed E-state index contributed by atoms with van der Waals surface area (Å²) in [5.74, 6) is -1.22. The largest absolute Gasteiger partial charge is 0.508 e. The molecule has 2 fully saturated rings. The van der Waals surface area contributed by atoms with Gasteiger partial charge in [-0.15, -0.1) is 0 Å². The lowest BCUT2D eigenvalue weighted by molar-refractivity contribution is -0.136. The van der Waals surface area contributed by atoms with E-state index in [4.69, 9.17) is 9.47 Å². The highest BCUT2D eigenvalue weighted by atomic mass is 19.1. The van der Waals surface area contributed by atoms with Crippen LogP contribution in [0.5, 0.6) is 17.2 Å². The Morgan fingerprint density at radius 1 is 0.893 bits per heavy atom. The zero-order valence-corrected chi connectivity index (χ0v) is 31.4. The van der Waals surface area contributed by atoms with Crippen LogP contribution in [0.15, 0.2) is 72.8 Å². The number of hydrogen-bond acceptors (Lipinski definition) is 8. The summed E-state index contributed by atoms with van der Waals surface area (Å²) in [7, 11) is 0. The van der Waals surface area contributed by atoms with Crippen LogP contribution in [-0.2, 0) is 16.1 Å². The van der Waals surface area contributed by atoms with Crippen molar-refractivity contribution in [2.24, 2.45) is 0 Å². The third kappa shape index (κ3) is 7.67. The normalized spacial score (nSPS) is 21.1. The fourth-order valence-electron chi connectivity index (χ4n) is 8.75. The molecule has 4 heterocycles. The number of aryl methyl sites for hydroxylation is 1. The van der Waals surface area contributed by atoms with E-state index in [9.17, 15) is 23.9 Å². The second kappa shape index (κ2) is 15.9. The van der Waals surface area contributed by atoms with Gasteiger partial charge < -0.3 is 24.4 Å². The summed E-state index contributed by atoms with van der Waals surface area (Å²) >= 11 is 0. The summed E-state index contributed by atoms with van der Waals surface area (Å²) in [6.45, 7) is 7.49. The maximum Gasteiger partial charge on any atom is 0.255 e. The first-order valence-electron chi connectivity index (χ1n) is 19.5. The summed E-state index contributed by atoms with van der Waals surface area (Å²) in [6.07, 6.45) is 3.34. The Morgan fingerprint density at radius 2 is 1.71 bits per heavy atom. The molecule has 3 amide bonds. The van der Waals surface area contributed by atoms with Gasteiger partial charge in [-0.05, 0) is 110 Å². The molecule has 0 saturated carbocycles. The SMILES string of the molecule is Cc1cc(F)ccc1C1COc2cc(O)ccc2[C@H]1c1ccc(OCCCCCN2CCN(c3ccc4c(c3)CN(C3CCC(=O)NC3=O)C4=O)CC2)c(F)c1. The number of anilines is 1. The molecule has 12 heteroatoms. The van der Waals surface area contributed by atoms with E-state index in [2.05, 4.69) is 21.2 Å². The topological polar surface area (TPSA) is 112 Å². The first kappa shape index (κ1) is 37.4. The van der Waals surface area contributed by atoms with Crippen LogP contribution >= 0.6 is 0 Å². The number of carbonyl (C=O) groups excluding carboxylic acids is 3. The van der Waals surface area contributed by atoms with Gasteiger partial charge in [-0.3, -0.25) is 24.6 Å². The molecule has 0 aromatic heterocycles. The summed E-state index contributed by atoms with van der Waals surface area (Å²) in [4.78, 5) is 43.4. The van der Waals surface area contributed by atoms with Crippen molar-refractivity contribution in [3.05, 3.63) is 118 Å². The molecule has 2 N–H and O–H groups in total. The molecule has 56 heavy (non-hydrogen) atoms. The minimum Gasteiger partial charge on any atom is -0.508 e. The standard InChI is InChI=1S/C44H46F2N4O6/c1-27-21-30(45)6-9-33(27)36-26-56-40-24-32(51)8-11-35(40)42(36)28-5-13-39(37(46)23-28)55-20-4-2-3-15-48-16-18-49(19-17-48)31-7-10-34-29(22-31)25-50(44(34)54)38-12-14-41(52)47-43(38)53/h5-11,13,21-24,36,38,42,51H,2-4,12,14-20,25-26H2,1H3,(H,47,52,53)/t36?,38?,42-/m1/s1. The van der Waals surface area contributed by atoms with Crippen LogP contribution in [0.4, 0.5) is 14.5 Å². The van der Waals surface area contributed by atoms with Gasteiger partial charge in [0.15, 0.2) is 11.6 Å². The molecule has 0 aliphatic carbocycles. The van der Waals surface area contributed by atoms with Crippen LogP contribution in [0.3, 0.4) is 0 Å². The first-order chi connectivity index (χ1) is 27.1. The number of rotatable bonds is 11. The van der Waals surface area contributed by atoms with Gasteiger partial charge in [-0.1, -0.05) is 18.2 Å². The fraction of sp³-hybridized carbons (Fsp3) is 0.386. The maximum atomic E-state index is 15.6. The van der Waals surface area contributed by atoms with Crippen LogP contribution in [0.2, 0.25) is 0 Å². The van der Waals surface area contributed by atoms with Gasteiger partial charge in [0.05, 0.1) is 13.2 Å². The van der Waals surface area contributed by atoms with Crippen molar-refractivity contribution >= 4 is 23.4 Å². The Bertz CT molecular complexity index is 2150. The number of nitrogens with zero attached hydrogens (tertiary/aromatic N) is 3. The minimum absolute atomic E-state index is 0.0894. The number of phenols is 1. The molecule has 10 nitrogen and oxygen atoms in total. The smallest absolute Gasteiger partial charge is 0.255 e. The fourth-order valence-corrected chi connectivity index (χ4v) is 8.75. The monoisotopic (exact) mass is 764 g/mol. The second-order valence-corrected chi connectivity index (χ2v) is 15.3. The number of aromatic hydroxyl groups is 1. The van der Waals surface area contributed by atoms with Crippen LogP contribution in [0.25, 0.3) is 0 Å². The Hall–Kier alpha value is -5.49. The number of benzene rings is 4. The molecule has 0 bridgehead atoms. The van der Waals surface area contributed by atoms with Crippen molar-refractivity contribution in [1.29, 1.82) is 0 Å². The van der Waals surface area contributed by atoms with E-state index >= 15 is 4.39 Å². The Balaban J connectivity index is 0.800. The number of phenolic OH excluding ortho intramolecular Hbond substituents is 1. The van der Waals surface area contributed by atoms with Crippen LogP contribution in [-0.4, -0.2) is 84.6 Å². The van der Waals surface area contributed by atoms with Gasteiger partial charge in [-0.2, -0.15) is 0 Å². The number of carbonyl (C=O) groups is 3. The molecule has 292 valence electrons. The third-order valence-electron chi connectivity index (χ3n) is 11.7. The number of imide groups is 1. The van der Waals surface area contributed by atoms with Crippen molar-refractivity contribution in [1.82, 2.24) is 15.1 Å². The minimum atomic E-state index is -0.618. The number of nitrogens with one attached hydrogen (secondary N) is 1. The number of piperazine rings is 1. The van der Waals surface area contributed by atoms with E-state index in [0.29, 0.717) is 37.5 Å². The molecule has 4 aliphatic rings. The van der Waals surface area contributed by atoms with Crippen molar-refractivity contribution in [2.75, 3.05) is 50.8 Å². The lowest BCUT2D eigenvalue weighted by atomic mass is 9.75. The number of fused-ring (bicyclic) bond motifs is 2. The van der Waals surface area contributed by atoms with E-state index < -0.39 is 17.8 Å². The molecule has 2 unspecified atom stereocenters. The van der Waals surface area contributed by atoms with Gasteiger partial charge in [-0.25, -0.2) is 8.78 Å². The molecule has 8 rings (SSSR count). The predicted octanol–water partition coefficient (Wildman–Crippen LogP) is 6.42. The number of amides is 3. The molecular formula is C44H46F2N4O6. The number of piperidine rings is 1. The van der Waals surface area contributed by atoms with E-state index in [0.717, 1.165) is 85.5 Å². The van der Waals surface area contributed by atoms with Gasteiger partial charge >= 0.3 is 0 Å². The van der Waals surface area contributed by atoms with Crippen LogP contribution in [0, 0.1) is 18.6 Å². The molecule has 0 radical (unpaired) electrons. The maximum absolute atomic E-state index is 15.6. The second-order valence-electron chi connectivity index (χ2n) is 15.3. The van der Waals surface area contributed by atoms with E-state index in [1.54, 1.807) is 29.2 Å².